The minimum atomic E-state index is 0.0542. The quantitative estimate of drug-likeness (QED) is 0.774. The van der Waals surface area contributed by atoms with Gasteiger partial charge < -0.3 is 10.2 Å². The second-order valence-electron chi connectivity index (χ2n) is 2.91. The van der Waals surface area contributed by atoms with Gasteiger partial charge in [-0.3, -0.25) is 0 Å². The molecule has 0 fully saturated rings. The van der Waals surface area contributed by atoms with E-state index >= 15 is 0 Å². The van der Waals surface area contributed by atoms with Crippen LogP contribution in [-0.4, -0.2) is 16.5 Å². The summed E-state index contributed by atoms with van der Waals surface area (Å²) in [5.41, 5.74) is 0.931. The van der Waals surface area contributed by atoms with E-state index in [1.165, 1.54) is 11.8 Å². The van der Waals surface area contributed by atoms with Crippen molar-refractivity contribution in [3.8, 4) is 5.75 Å². The van der Waals surface area contributed by atoms with Crippen molar-refractivity contribution in [2.45, 2.75) is 11.5 Å². The predicted octanol–water partition coefficient (Wildman–Crippen LogP) is 2.82. The highest BCUT2D eigenvalue weighted by Gasteiger charge is 2.10. The normalized spacial score (nSPS) is 11.0. The molecule has 2 rings (SSSR count). The van der Waals surface area contributed by atoms with E-state index in [4.69, 9.17) is 5.11 Å². The first-order valence-electron chi connectivity index (χ1n) is 4.14. The van der Waals surface area contributed by atoms with Gasteiger partial charge in [0, 0.05) is 0 Å². The Morgan fingerprint density at radius 3 is 2.86 bits per heavy atom. The lowest BCUT2D eigenvalue weighted by atomic mass is 10.2. The first kappa shape index (κ1) is 9.83. The van der Waals surface area contributed by atoms with Gasteiger partial charge in [-0.1, -0.05) is 0 Å². The SMILES string of the molecule is CSc1c(O)ccc2c(CO)csc12. The Bertz CT molecular complexity index is 462. The lowest BCUT2D eigenvalue weighted by Crippen LogP contribution is -1.79. The first-order chi connectivity index (χ1) is 6.77. The number of phenols is 1. The van der Waals surface area contributed by atoms with Crippen LogP contribution in [0.2, 0.25) is 0 Å². The van der Waals surface area contributed by atoms with Crippen LogP contribution in [0.1, 0.15) is 5.56 Å². The third-order valence-electron chi connectivity index (χ3n) is 2.13. The molecule has 0 unspecified atom stereocenters. The van der Waals surface area contributed by atoms with Gasteiger partial charge in [-0.15, -0.1) is 23.1 Å². The number of aromatic hydroxyl groups is 1. The number of hydrogen-bond acceptors (Lipinski definition) is 4. The van der Waals surface area contributed by atoms with E-state index in [1.807, 2.05) is 17.7 Å². The highest BCUT2D eigenvalue weighted by atomic mass is 32.2. The molecular weight excluding hydrogens is 216 g/mol. The Hall–Kier alpha value is -0.710. The van der Waals surface area contributed by atoms with E-state index in [9.17, 15) is 5.11 Å². The molecule has 0 saturated heterocycles. The summed E-state index contributed by atoms with van der Waals surface area (Å²) in [7, 11) is 0. The lowest BCUT2D eigenvalue weighted by Gasteiger charge is -2.02. The largest absolute Gasteiger partial charge is 0.507 e. The maximum absolute atomic E-state index is 9.61. The second-order valence-corrected chi connectivity index (χ2v) is 4.61. The number of hydrogen-bond donors (Lipinski definition) is 2. The number of phenolic OH excluding ortho intramolecular Hbond substituents is 1. The molecule has 0 aliphatic heterocycles. The van der Waals surface area contributed by atoms with Gasteiger partial charge in [0.15, 0.2) is 0 Å². The zero-order valence-corrected chi connectivity index (χ0v) is 9.28. The summed E-state index contributed by atoms with van der Waals surface area (Å²) in [5.74, 6) is 0.316. The Morgan fingerprint density at radius 2 is 2.21 bits per heavy atom. The standard InChI is InChI=1S/C10H10O2S2/c1-13-10-8(12)3-2-7-6(4-11)5-14-9(7)10/h2-3,5,11-12H,4H2,1H3. The molecule has 0 aliphatic carbocycles. The van der Waals surface area contributed by atoms with E-state index in [0.717, 1.165) is 20.5 Å². The van der Waals surface area contributed by atoms with E-state index < -0.39 is 0 Å². The monoisotopic (exact) mass is 226 g/mol. The van der Waals surface area contributed by atoms with Gasteiger partial charge in [-0.2, -0.15) is 0 Å². The summed E-state index contributed by atoms with van der Waals surface area (Å²) in [6, 6.07) is 3.53. The van der Waals surface area contributed by atoms with Crippen LogP contribution in [0.15, 0.2) is 22.4 Å². The maximum atomic E-state index is 9.61. The molecule has 0 aliphatic rings. The fourth-order valence-electron chi connectivity index (χ4n) is 1.44. The molecule has 1 aromatic carbocycles. The molecule has 1 heterocycles. The number of thioether (sulfide) groups is 1. The minimum absolute atomic E-state index is 0.0542. The molecule has 0 saturated carbocycles. The molecule has 2 nitrogen and oxygen atoms in total. The van der Waals surface area contributed by atoms with E-state index in [2.05, 4.69) is 0 Å². The van der Waals surface area contributed by atoms with Crippen molar-refractivity contribution >= 4 is 33.2 Å². The van der Waals surface area contributed by atoms with Gasteiger partial charge in [0.2, 0.25) is 0 Å². The molecule has 74 valence electrons. The fourth-order valence-corrected chi connectivity index (χ4v) is 3.40. The van der Waals surface area contributed by atoms with Gasteiger partial charge in [0.1, 0.15) is 5.75 Å². The Kier molecular flexibility index (Phi) is 2.67. The van der Waals surface area contributed by atoms with Crippen LogP contribution < -0.4 is 0 Å². The van der Waals surface area contributed by atoms with Crippen LogP contribution in [0.5, 0.6) is 5.75 Å². The Labute approximate surface area is 90.2 Å². The second kappa shape index (κ2) is 3.81. The summed E-state index contributed by atoms with van der Waals surface area (Å²) in [6.45, 7) is 0.0542. The van der Waals surface area contributed by atoms with Gasteiger partial charge >= 0.3 is 0 Å². The fraction of sp³-hybridized carbons (Fsp3) is 0.200. The van der Waals surface area contributed by atoms with Crippen LogP contribution >= 0.6 is 23.1 Å². The number of fused-ring (bicyclic) bond motifs is 1. The molecular formula is C10H10O2S2. The van der Waals surface area contributed by atoms with Crippen LogP contribution in [0.25, 0.3) is 10.1 Å². The molecule has 0 atom stereocenters. The average molecular weight is 226 g/mol. The number of rotatable bonds is 2. The zero-order chi connectivity index (χ0) is 10.1. The molecule has 2 aromatic rings. The summed E-state index contributed by atoms with van der Waals surface area (Å²) in [4.78, 5) is 0.896. The summed E-state index contributed by atoms with van der Waals surface area (Å²) < 4.78 is 1.06. The average Bonchev–Trinajstić information content (AvgIpc) is 2.60. The van der Waals surface area contributed by atoms with Crippen molar-refractivity contribution in [1.29, 1.82) is 0 Å². The highest BCUT2D eigenvalue weighted by Crippen LogP contribution is 2.39. The molecule has 4 heteroatoms. The maximum Gasteiger partial charge on any atom is 0.130 e. The third-order valence-corrected chi connectivity index (χ3v) is 4.14. The van der Waals surface area contributed by atoms with E-state index in [0.29, 0.717) is 5.75 Å². The third kappa shape index (κ3) is 1.39. The molecule has 14 heavy (non-hydrogen) atoms. The first-order valence-corrected chi connectivity index (χ1v) is 6.25. The molecule has 1 aromatic heterocycles. The highest BCUT2D eigenvalue weighted by molar-refractivity contribution is 7.99. The van der Waals surface area contributed by atoms with Crippen molar-refractivity contribution < 1.29 is 10.2 Å². The molecule has 2 N–H and O–H groups in total. The number of benzene rings is 1. The van der Waals surface area contributed by atoms with Crippen LogP contribution in [0, 0.1) is 0 Å². The van der Waals surface area contributed by atoms with Crippen molar-refractivity contribution in [3.05, 3.63) is 23.1 Å². The van der Waals surface area contributed by atoms with Crippen molar-refractivity contribution in [2.75, 3.05) is 6.26 Å². The smallest absolute Gasteiger partial charge is 0.130 e. The number of aliphatic hydroxyl groups is 1. The van der Waals surface area contributed by atoms with Gasteiger partial charge in [-0.25, -0.2) is 0 Å². The lowest BCUT2D eigenvalue weighted by molar-refractivity contribution is 0.284. The summed E-state index contributed by atoms with van der Waals surface area (Å²) >= 11 is 3.09. The van der Waals surface area contributed by atoms with Crippen molar-refractivity contribution in [1.82, 2.24) is 0 Å². The van der Waals surface area contributed by atoms with Crippen molar-refractivity contribution in [3.63, 3.8) is 0 Å². The number of thiophene rings is 1. The van der Waals surface area contributed by atoms with Crippen LogP contribution in [-0.2, 0) is 6.61 Å². The van der Waals surface area contributed by atoms with Gasteiger partial charge in [-0.05, 0) is 34.7 Å². The van der Waals surface area contributed by atoms with Crippen LogP contribution in [0.3, 0.4) is 0 Å². The molecule has 0 bridgehead atoms. The molecule has 0 amide bonds. The Morgan fingerprint density at radius 1 is 1.43 bits per heavy atom. The summed E-state index contributed by atoms with van der Waals surface area (Å²) in [6.07, 6.45) is 1.94. The van der Waals surface area contributed by atoms with Crippen molar-refractivity contribution in [2.24, 2.45) is 0 Å². The summed E-state index contributed by atoms with van der Waals surface area (Å²) in [5, 5.41) is 21.7. The molecule has 0 radical (unpaired) electrons. The minimum Gasteiger partial charge on any atom is -0.507 e. The number of aliphatic hydroxyl groups excluding tert-OH is 1. The Balaban J connectivity index is 2.76. The predicted molar refractivity (Wildman–Crippen MR) is 61.2 cm³/mol. The van der Waals surface area contributed by atoms with Gasteiger partial charge in [0.05, 0.1) is 16.2 Å². The zero-order valence-electron chi connectivity index (χ0n) is 7.65. The topological polar surface area (TPSA) is 40.5 Å². The molecule has 0 spiro atoms. The van der Waals surface area contributed by atoms with E-state index in [-0.39, 0.29) is 6.61 Å². The van der Waals surface area contributed by atoms with Crippen LogP contribution in [0.4, 0.5) is 0 Å². The van der Waals surface area contributed by atoms with E-state index in [1.54, 1.807) is 17.4 Å². The van der Waals surface area contributed by atoms with Gasteiger partial charge in [0.25, 0.3) is 0 Å².